The van der Waals surface area contributed by atoms with E-state index >= 15 is 0 Å². The van der Waals surface area contributed by atoms with Crippen molar-refractivity contribution in [2.45, 2.75) is 43.9 Å². The molecule has 1 saturated carbocycles. The third-order valence-corrected chi connectivity index (χ3v) is 4.89. The molecule has 0 radical (unpaired) electrons. The van der Waals surface area contributed by atoms with Gasteiger partial charge >= 0.3 is 0 Å². The van der Waals surface area contributed by atoms with E-state index in [1.807, 2.05) is 11.0 Å². The topological polar surface area (TPSA) is 51.7 Å². The van der Waals surface area contributed by atoms with Crippen LogP contribution in [0.25, 0.3) is 0 Å². The summed E-state index contributed by atoms with van der Waals surface area (Å²) in [5.74, 6) is 0.774. The molecule has 4 rings (SSSR count). The number of fused-ring (bicyclic) bond motifs is 1. The Bertz CT molecular complexity index is 532. The van der Waals surface area contributed by atoms with Gasteiger partial charge in [-0.15, -0.1) is 0 Å². The minimum absolute atomic E-state index is 0.0199. The third-order valence-electron chi connectivity index (χ3n) is 4.89. The Hall–Kier alpha value is -1.46. The van der Waals surface area contributed by atoms with Crippen molar-refractivity contribution in [1.29, 1.82) is 0 Å². The fourth-order valence-electron chi connectivity index (χ4n) is 3.49. The van der Waals surface area contributed by atoms with Crippen LogP contribution in [0.2, 0.25) is 0 Å². The van der Waals surface area contributed by atoms with E-state index in [1.165, 1.54) is 12.8 Å². The highest BCUT2D eigenvalue weighted by molar-refractivity contribution is 5.94. The number of nitrogens with zero attached hydrogens (tertiary/aromatic N) is 2. The normalized spacial score (nSPS) is 31.1. The molecule has 1 aromatic heterocycles. The molecule has 5 heteroatoms. The van der Waals surface area contributed by atoms with Crippen molar-refractivity contribution in [3.8, 4) is 0 Å². The molecule has 0 bridgehead atoms. The van der Waals surface area contributed by atoms with Gasteiger partial charge in [0.2, 0.25) is 0 Å². The Balaban J connectivity index is 1.49. The molecular formula is C17H22N2O3. The zero-order valence-corrected chi connectivity index (χ0v) is 12.7. The van der Waals surface area contributed by atoms with E-state index in [1.54, 1.807) is 18.5 Å². The van der Waals surface area contributed by atoms with Crippen molar-refractivity contribution in [2.24, 2.45) is 5.92 Å². The highest BCUT2D eigenvalue weighted by Gasteiger charge is 2.47. The second-order valence-electron chi connectivity index (χ2n) is 6.56. The second kappa shape index (κ2) is 5.97. The van der Waals surface area contributed by atoms with E-state index in [2.05, 4.69) is 4.98 Å². The molecule has 1 aliphatic carbocycles. The summed E-state index contributed by atoms with van der Waals surface area (Å²) < 4.78 is 12.0. The van der Waals surface area contributed by atoms with E-state index in [4.69, 9.17) is 9.47 Å². The number of carbonyl (C=O) groups excluding carboxylic acids is 1. The Labute approximate surface area is 130 Å². The highest BCUT2D eigenvalue weighted by atomic mass is 16.5. The van der Waals surface area contributed by atoms with Crippen molar-refractivity contribution >= 4 is 5.91 Å². The van der Waals surface area contributed by atoms with Crippen LogP contribution in [0.4, 0.5) is 0 Å². The Kier molecular flexibility index (Phi) is 3.84. The number of aromatic nitrogens is 1. The number of rotatable bonds is 4. The largest absolute Gasteiger partial charge is 0.373 e. The van der Waals surface area contributed by atoms with Crippen LogP contribution in [0.5, 0.6) is 0 Å². The maximum Gasteiger partial charge on any atom is 0.255 e. The van der Waals surface area contributed by atoms with Crippen molar-refractivity contribution in [1.82, 2.24) is 9.88 Å². The van der Waals surface area contributed by atoms with Gasteiger partial charge in [-0.2, -0.15) is 0 Å². The number of hydrogen-bond acceptors (Lipinski definition) is 4. The van der Waals surface area contributed by atoms with Crippen LogP contribution in [0.15, 0.2) is 24.5 Å². The Morgan fingerprint density at radius 2 is 2.32 bits per heavy atom. The Morgan fingerprint density at radius 1 is 1.41 bits per heavy atom. The summed E-state index contributed by atoms with van der Waals surface area (Å²) in [5.41, 5.74) is 0.648. The summed E-state index contributed by atoms with van der Waals surface area (Å²) in [5, 5.41) is 0. The van der Waals surface area contributed by atoms with Crippen molar-refractivity contribution in [3.63, 3.8) is 0 Å². The van der Waals surface area contributed by atoms with Crippen LogP contribution in [0.3, 0.4) is 0 Å². The molecule has 3 aliphatic rings. The second-order valence-corrected chi connectivity index (χ2v) is 6.56. The molecule has 0 N–H and O–H groups in total. The zero-order chi connectivity index (χ0) is 14.9. The summed E-state index contributed by atoms with van der Waals surface area (Å²) in [4.78, 5) is 18.8. The quantitative estimate of drug-likeness (QED) is 0.852. The van der Waals surface area contributed by atoms with Crippen LogP contribution < -0.4 is 0 Å². The van der Waals surface area contributed by atoms with Gasteiger partial charge in [-0.05, 0) is 43.7 Å². The van der Waals surface area contributed by atoms with Gasteiger partial charge in [0, 0.05) is 25.6 Å². The van der Waals surface area contributed by atoms with E-state index in [0.29, 0.717) is 12.1 Å². The number of likely N-dealkylation sites (tertiary alicyclic amines) is 1. The van der Waals surface area contributed by atoms with Gasteiger partial charge in [-0.25, -0.2) is 0 Å². The molecule has 2 aliphatic heterocycles. The first-order chi connectivity index (χ1) is 10.8. The minimum Gasteiger partial charge on any atom is -0.373 e. The lowest BCUT2D eigenvalue weighted by atomic mass is 10.0. The molecule has 2 saturated heterocycles. The van der Waals surface area contributed by atoms with Crippen molar-refractivity contribution < 1.29 is 14.3 Å². The Morgan fingerprint density at radius 3 is 3.09 bits per heavy atom. The lowest BCUT2D eigenvalue weighted by Gasteiger charge is -2.32. The van der Waals surface area contributed by atoms with Gasteiger partial charge in [0.25, 0.3) is 5.91 Å². The molecule has 0 unspecified atom stereocenters. The van der Waals surface area contributed by atoms with Crippen LogP contribution in [0, 0.1) is 5.92 Å². The van der Waals surface area contributed by atoms with Crippen LogP contribution in [-0.4, -0.2) is 53.8 Å². The smallest absolute Gasteiger partial charge is 0.255 e. The lowest BCUT2D eigenvalue weighted by Crippen LogP contribution is -2.44. The molecular weight excluding hydrogens is 280 g/mol. The number of amides is 1. The summed E-state index contributed by atoms with van der Waals surface area (Å²) >= 11 is 0. The van der Waals surface area contributed by atoms with E-state index in [0.717, 1.165) is 32.0 Å². The molecule has 1 amide bonds. The van der Waals surface area contributed by atoms with Crippen LogP contribution in [0.1, 0.15) is 36.0 Å². The first-order valence-electron chi connectivity index (χ1n) is 8.27. The first-order valence-corrected chi connectivity index (χ1v) is 8.27. The van der Waals surface area contributed by atoms with Gasteiger partial charge < -0.3 is 14.4 Å². The summed E-state index contributed by atoms with van der Waals surface area (Å²) in [6.45, 7) is 2.22. The van der Waals surface area contributed by atoms with Gasteiger partial charge in [0.15, 0.2) is 0 Å². The predicted molar refractivity (Wildman–Crippen MR) is 80.5 cm³/mol. The molecule has 1 aromatic rings. The minimum atomic E-state index is 0.0199. The third kappa shape index (κ3) is 2.75. The fourth-order valence-corrected chi connectivity index (χ4v) is 3.49. The summed E-state index contributed by atoms with van der Waals surface area (Å²) in [6.07, 6.45) is 7.95. The van der Waals surface area contributed by atoms with Crippen molar-refractivity contribution in [2.75, 3.05) is 19.8 Å². The molecule has 5 nitrogen and oxygen atoms in total. The SMILES string of the molecule is O=C(c1cccnc1)N1C[C@@H](OCC2CC2)[C@H]2OCCC[C@H]21. The van der Waals surface area contributed by atoms with Gasteiger partial charge in [-0.1, -0.05) is 0 Å². The average molecular weight is 302 g/mol. The molecule has 3 heterocycles. The van der Waals surface area contributed by atoms with Crippen LogP contribution in [-0.2, 0) is 9.47 Å². The monoisotopic (exact) mass is 302 g/mol. The van der Waals surface area contributed by atoms with E-state index in [9.17, 15) is 4.79 Å². The summed E-state index contributed by atoms with van der Waals surface area (Å²) in [7, 11) is 0. The predicted octanol–water partition coefficient (Wildman–Crippen LogP) is 1.88. The number of carbonyl (C=O) groups is 1. The molecule has 3 atom stereocenters. The average Bonchev–Trinajstić information content (AvgIpc) is 3.34. The number of hydrogen-bond donors (Lipinski definition) is 0. The standard InChI is InChI=1S/C17H22N2O3/c20-17(13-3-1-7-18-9-13)19-10-15(22-11-12-5-6-12)16-14(19)4-2-8-21-16/h1,3,7,9,12,14-16H,2,4-6,8,10-11H2/t14-,15-,16+/m1/s1. The van der Waals surface area contributed by atoms with E-state index < -0.39 is 0 Å². The van der Waals surface area contributed by atoms with Crippen molar-refractivity contribution in [3.05, 3.63) is 30.1 Å². The number of pyridine rings is 1. The zero-order valence-electron chi connectivity index (χ0n) is 12.7. The van der Waals surface area contributed by atoms with Gasteiger partial charge in [-0.3, -0.25) is 9.78 Å². The lowest BCUT2D eigenvalue weighted by molar-refractivity contribution is -0.0781. The highest BCUT2D eigenvalue weighted by Crippen LogP contribution is 2.34. The molecule has 0 spiro atoms. The van der Waals surface area contributed by atoms with E-state index in [-0.39, 0.29) is 24.2 Å². The number of ether oxygens (including phenoxy) is 2. The maximum atomic E-state index is 12.8. The summed E-state index contributed by atoms with van der Waals surface area (Å²) in [6, 6.07) is 3.77. The maximum absolute atomic E-state index is 12.8. The van der Waals surface area contributed by atoms with Crippen LogP contribution >= 0.6 is 0 Å². The molecule has 3 fully saturated rings. The van der Waals surface area contributed by atoms with Gasteiger partial charge in [0.05, 0.1) is 18.2 Å². The molecule has 22 heavy (non-hydrogen) atoms. The fraction of sp³-hybridized carbons (Fsp3) is 0.647. The van der Waals surface area contributed by atoms with Gasteiger partial charge in [0.1, 0.15) is 12.2 Å². The molecule has 0 aromatic carbocycles. The molecule has 118 valence electrons. The first kappa shape index (κ1) is 14.2.